The van der Waals surface area contributed by atoms with Crippen LogP contribution in [0.15, 0.2) is 42.5 Å². The number of allylic oxidation sites excluding steroid dienone is 1. The van der Waals surface area contributed by atoms with Gasteiger partial charge in [-0.15, -0.1) is 0 Å². The lowest BCUT2D eigenvalue weighted by Gasteiger charge is -2.31. The molecule has 2 N–H and O–H groups in total. The summed E-state index contributed by atoms with van der Waals surface area (Å²) < 4.78 is 5.14. The molecule has 5 heteroatoms. The van der Waals surface area contributed by atoms with Crippen LogP contribution < -0.4 is 5.32 Å². The lowest BCUT2D eigenvalue weighted by Crippen LogP contribution is -2.57. The van der Waals surface area contributed by atoms with E-state index in [1.165, 1.54) is 0 Å². The molecule has 0 saturated heterocycles. The number of carboxylic acid groups (broad SMARTS) is 1. The van der Waals surface area contributed by atoms with E-state index in [0.717, 1.165) is 12.0 Å². The third-order valence-electron chi connectivity index (χ3n) is 4.31. The molecule has 110 valence electrons. The van der Waals surface area contributed by atoms with Gasteiger partial charge in [0.2, 0.25) is 0 Å². The van der Waals surface area contributed by atoms with E-state index in [2.05, 4.69) is 5.32 Å². The molecule has 1 fully saturated rings. The molecule has 0 radical (unpaired) electrons. The van der Waals surface area contributed by atoms with E-state index in [1.807, 2.05) is 42.5 Å². The Bertz CT molecular complexity index is 583. The van der Waals surface area contributed by atoms with E-state index in [4.69, 9.17) is 4.74 Å². The van der Waals surface area contributed by atoms with Crippen molar-refractivity contribution >= 4 is 12.1 Å². The van der Waals surface area contributed by atoms with Crippen molar-refractivity contribution in [3.8, 4) is 0 Å². The molecule has 2 bridgehead atoms. The van der Waals surface area contributed by atoms with Crippen LogP contribution in [0, 0.1) is 11.8 Å². The van der Waals surface area contributed by atoms with Crippen LogP contribution in [0.25, 0.3) is 0 Å². The number of carboxylic acids is 1. The topological polar surface area (TPSA) is 75.6 Å². The highest BCUT2D eigenvalue weighted by atomic mass is 16.5. The summed E-state index contributed by atoms with van der Waals surface area (Å²) in [7, 11) is 0. The van der Waals surface area contributed by atoms with Gasteiger partial charge in [-0.1, -0.05) is 42.5 Å². The van der Waals surface area contributed by atoms with E-state index in [1.54, 1.807) is 0 Å². The molecular formula is C16H17NO4. The Hall–Kier alpha value is -2.30. The summed E-state index contributed by atoms with van der Waals surface area (Å²) in [6.07, 6.45) is 4.46. The number of aliphatic carboxylic acids is 1. The van der Waals surface area contributed by atoms with Gasteiger partial charge in [0, 0.05) is 5.92 Å². The summed E-state index contributed by atoms with van der Waals surface area (Å²) in [6.45, 7) is 0.131. The number of carbonyl (C=O) groups excluding carboxylic acids is 1. The van der Waals surface area contributed by atoms with E-state index in [9.17, 15) is 14.7 Å². The highest BCUT2D eigenvalue weighted by molar-refractivity contribution is 5.86. The second kappa shape index (κ2) is 5.24. The maximum Gasteiger partial charge on any atom is 0.408 e. The van der Waals surface area contributed by atoms with Crippen molar-refractivity contribution in [2.75, 3.05) is 0 Å². The van der Waals surface area contributed by atoms with Gasteiger partial charge in [0.25, 0.3) is 0 Å². The summed E-state index contributed by atoms with van der Waals surface area (Å²) >= 11 is 0. The first-order chi connectivity index (χ1) is 10.1. The van der Waals surface area contributed by atoms with Gasteiger partial charge >= 0.3 is 12.1 Å². The van der Waals surface area contributed by atoms with Gasteiger partial charge in [-0.3, -0.25) is 0 Å². The minimum Gasteiger partial charge on any atom is -0.479 e. The smallest absolute Gasteiger partial charge is 0.408 e. The standard InChI is InChI=1S/C16H17NO4/c18-14(19)16(9-12-6-7-13(16)8-12)17-15(20)21-10-11-4-2-1-3-5-11/h1-7,12-13H,8-10H2,(H,17,20)(H,18,19)/t12-,13+,16-/m0/s1. The molecule has 1 amide bonds. The highest BCUT2D eigenvalue weighted by Crippen LogP contribution is 2.46. The molecule has 0 spiro atoms. The van der Waals surface area contributed by atoms with Crippen LogP contribution in [-0.4, -0.2) is 22.7 Å². The van der Waals surface area contributed by atoms with Gasteiger partial charge < -0.3 is 15.2 Å². The Morgan fingerprint density at radius 1 is 1.29 bits per heavy atom. The molecule has 0 aliphatic heterocycles. The zero-order valence-corrected chi connectivity index (χ0v) is 11.5. The molecule has 3 rings (SSSR count). The number of benzene rings is 1. The Morgan fingerprint density at radius 3 is 2.62 bits per heavy atom. The number of hydrogen-bond donors (Lipinski definition) is 2. The number of fused-ring (bicyclic) bond motifs is 2. The predicted molar refractivity (Wildman–Crippen MR) is 75.5 cm³/mol. The highest BCUT2D eigenvalue weighted by Gasteiger charge is 2.55. The molecule has 21 heavy (non-hydrogen) atoms. The van der Waals surface area contributed by atoms with E-state index < -0.39 is 17.6 Å². The fourth-order valence-corrected chi connectivity index (χ4v) is 3.24. The van der Waals surface area contributed by atoms with E-state index >= 15 is 0 Å². The van der Waals surface area contributed by atoms with Crippen molar-refractivity contribution in [1.82, 2.24) is 5.32 Å². The van der Waals surface area contributed by atoms with Crippen LogP contribution in [0.1, 0.15) is 18.4 Å². The lowest BCUT2D eigenvalue weighted by molar-refractivity contribution is -0.145. The number of hydrogen-bond acceptors (Lipinski definition) is 3. The summed E-state index contributed by atoms with van der Waals surface area (Å²) in [5, 5.41) is 12.1. The number of carbonyl (C=O) groups is 2. The first-order valence-corrected chi connectivity index (χ1v) is 7.01. The first kappa shape index (κ1) is 13.7. The summed E-state index contributed by atoms with van der Waals surface area (Å²) in [4.78, 5) is 23.6. The maximum absolute atomic E-state index is 11.9. The molecule has 0 heterocycles. The zero-order chi connectivity index (χ0) is 14.9. The number of ether oxygens (including phenoxy) is 1. The Balaban J connectivity index is 1.63. The fourth-order valence-electron chi connectivity index (χ4n) is 3.24. The van der Waals surface area contributed by atoms with Crippen LogP contribution in [0.5, 0.6) is 0 Å². The number of alkyl carbamates (subject to hydrolysis) is 1. The average molecular weight is 287 g/mol. The SMILES string of the molecule is O=C(N[C@@]1(C(=O)O)C[C@H]2C=C[C@@H]1C2)OCc1ccccc1. The number of nitrogens with one attached hydrogen (secondary N) is 1. The monoisotopic (exact) mass is 287 g/mol. The molecule has 0 aromatic heterocycles. The van der Waals surface area contributed by atoms with Crippen molar-refractivity contribution in [3.63, 3.8) is 0 Å². The second-order valence-corrected chi connectivity index (χ2v) is 5.65. The van der Waals surface area contributed by atoms with Gasteiger partial charge in [0.1, 0.15) is 12.1 Å². The molecule has 3 atom stereocenters. The third-order valence-corrected chi connectivity index (χ3v) is 4.31. The molecule has 0 unspecified atom stereocenters. The molecule has 5 nitrogen and oxygen atoms in total. The second-order valence-electron chi connectivity index (χ2n) is 5.65. The number of rotatable bonds is 4. The summed E-state index contributed by atoms with van der Waals surface area (Å²) in [6, 6.07) is 9.29. The van der Waals surface area contributed by atoms with Gasteiger partial charge in [-0.05, 0) is 24.3 Å². The predicted octanol–water partition coefficient (Wildman–Crippen LogP) is 2.33. The minimum atomic E-state index is -1.22. The summed E-state index contributed by atoms with van der Waals surface area (Å²) in [5.74, 6) is -0.902. The first-order valence-electron chi connectivity index (χ1n) is 7.01. The molecule has 1 aromatic rings. The van der Waals surface area contributed by atoms with Crippen LogP contribution in [0.4, 0.5) is 4.79 Å². The maximum atomic E-state index is 11.9. The van der Waals surface area contributed by atoms with Gasteiger partial charge in [-0.25, -0.2) is 9.59 Å². The Kier molecular flexibility index (Phi) is 3.41. The van der Waals surface area contributed by atoms with Crippen LogP contribution >= 0.6 is 0 Å². The zero-order valence-electron chi connectivity index (χ0n) is 11.5. The number of amides is 1. The molecule has 1 saturated carbocycles. The molecule has 1 aromatic carbocycles. The van der Waals surface area contributed by atoms with Gasteiger partial charge in [-0.2, -0.15) is 0 Å². The summed E-state index contributed by atoms with van der Waals surface area (Å²) in [5.41, 5.74) is -0.349. The van der Waals surface area contributed by atoms with E-state index in [0.29, 0.717) is 6.42 Å². The van der Waals surface area contributed by atoms with Gasteiger partial charge in [0.05, 0.1) is 0 Å². The molecular weight excluding hydrogens is 270 g/mol. The van der Waals surface area contributed by atoms with Crippen molar-refractivity contribution in [3.05, 3.63) is 48.0 Å². The average Bonchev–Trinajstić information content (AvgIpc) is 3.07. The van der Waals surface area contributed by atoms with Crippen molar-refractivity contribution in [1.29, 1.82) is 0 Å². The Labute approximate surface area is 122 Å². The van der Waals surface area contributed by atoms with Crippen molar-refractivity contribution in [2.45, 2.75) is 25.0 Å². The molecule has 2 aliphatic rings. The minimum absolute atomic E-state index is 0.131. The normalized spacial score (nSPS) is 29.3. The van der Waals surface area contributed by atoms with Crippen molar-refractivity contribution in [2.24, 2.45) is 11.8 Å². The largest absolute Gasteiger partial charge is 0.479 e. The Morgan fingerprint density at radius 2 is 2.05 bits per heavy atom. The fraction of sp³-hybridized carbons (Fsp3) is 0.375. The van der Waals surface area contributed by atoms with Crippen LogP contribution in [0.3, 0.4) is 0 Å². The van der Waals surface area contributed by atoms with E-state index in [-0.39, 0.29) is 18.4 Å². The molecule has 2 aliphatic carbocycles. The van der Waals surface area contributed by atoms with Gasteiger partial charge in [0.15, 0.2) is 0 Å². The third kappa shape index (κ3) is 2.51. The van der Waals surface area contributed by atoms with Crippen molar-refractivity contribution < 1.29 is 19.4 Å². The lowest BCUT2D eigenvalue weighted by atomic mass is 9.84. The quantitative estimate of drug-likeness (QED) is 0.833. The van der Waals surface area contributed by atoms with Crippen LogP contribution in [-0.2, 0) is 16.1 Å². The van der Waals surface area contributed by atoms with Crippen LogP contribution in [0.2, 0.25) is 0 Å².